The van der Waals surface area contributed by atoms with E-state index in [2.05, 4.69) is 31.3 Å². The third kappa shape index (κ3) is 4.11. The minimum Gasteiger partial charge on any atom is -0.356 e. The lowest BCUT2D eigenvalue weighted by molar-refractivity contribution is -0.124. The van der Waals surface area contributed by atoms with Gasteiger partial charge >= 0.3 is 0 Å². The largest absolute Gasteiger partial charge is 0.356 e. The molecule has 0 aromatic heterocycles. The van der Waals surface area contributed by atoms with E-state index < -0.39 is 5.41 Å². The quantitative estimate of drug-likeness (QED) is 0.752. The molecule has 4 heteroatoms. The first-order chi connectivity index (χ1) is 13.4. The van der Waals surface area contributed by atoms with Gasteiger partial charge in [-0.1, -0.05) is 62.4 Å². The van der Waals surface area contributed by atoms with Gasteiger partial charge in [-0.25, -0.2) is 0 Å². The summed E-state index contributed by atoms with van der Waals surface area (Å²) in [6, 6.07) is 18.0. The van der Waals surface area contributed by atoms with E-state index in [0.29, 0.717) is 31.7 Å². The number of hydrogen-bond acceptors (Lipinski definition) is 2. The van der Waals surface area contributed by atoms with Gasteiger partial charge in [-0.15, -0.1) is 0 Å². The molecular formula is C24H30N2O2. The van der Waals surface area contributed by atoms with E-state index in [1.165, 1.54) is 0 Å². The molecule has 1 aliphatic heterocycles. The second kappa shape index (κ2) is 8.59. The first-order valence-electron chi connectivity index (χ1n) is 10.1. The zero-order valence-corrected chi connectivity index (χ0v) is 17.1. The van der Waals surface area contributed by atoms with Crippen molar-refractivity contribution in [2.75, 3.05) is 18.5 Å². The smallest absolute Gasteiger partial charge is 0.237 e. The normalized spacial score (nSPS) is 18.4. The molecule has 0 spiro atoms. The van der Waals surface area contributed by atoms with Crippen molar-refractivity contribution in [1.29, 1.82) is 0 Å². The highest BCUT2D eigenvalue weighted by Crippen LogP contribution is 2.46. The molecule has 0 bridgehead atoms. The first-order valence-corrected chi connectivity index (χ1v) is 10.1. The van der Waals surface area contributed by atoms with Crippen molar-refractivity contribution in [3.05, 3.63) is 65.7 Å². The first kappa shape index (κ1) is 20.1. The second-order valence-corrected chi connectivity index (χ2v) is 8.16. The molecule has 4 nitrogen and oxygen atoms in total. The summed E-state index contributed by atoms with van der Waals surface area (Å²) in [7, 11) is 1.83. The van der Waals surface area contributed by atoms with Crippen molar-refractivity contribution in [3.8, 4) is 0 Å². The van der Waals surface area contributed by atoms with Crippen LogP contribution in [0.25, 0.3) is 0 Å². The molecule has 0 unspecified atom stereocenters. The summed E-state index contributed by atoms with van der Waals surface area (Å²) in [5.41, 5.74) is 2.40. The van der Waals surface area contributed by atoms with Crippen molar-refractivity contribution in [1.82, 2.24) is 5.32 Å². The molecule has 148 valence electrons. The van der Waals surface area contributed by atoms with Crippen LogP contribution in [0.15, 0.2) is 54.6 Å². The number of rotatable bonds is 8. The van der Waals surface area contributed by atoms with Crippen molar-refractivity contribution < 1.29 is 9.59 Å². The van der Waals surface area contributed by atoms with E-state index in [9.17, 15) is 9.59 Å². The van der Waals surface area contributed by atoms with Gasteiger partial charge < -0.3 is 10.2 Å². The molecule has 2 aromatic rings. The van der Waals surface area contributed by atoms with Crippen LogP contribution >= 0.6 is 0 Å². The summed E-state index contributed by atoms with van der Waals surface area (Å²) < 4.78 is 0. The summed E-state index contributed by atoms with van der Waals surface area (Å²) in [5.74, 6) is 0.655. The number of hydrogen-bond donors (Lipinski definition) is 1. The lowest BCUT2D eigenvalue weighted by Gasteiger charge is -2.28. The maximum atomic E-state index is 13.4. The van der Waals surface area contributed by atoms with Gasteiger partial charge in [-0.3, -0.25) is 9.59 Å². The average molecular weight is 379 g/mol. The van der Waals surface area contributed by atoms with Crippen LogP contribution < -0.4 is 10.2 Å². The van der Waals surface area contributed by atoms with Crippen LogP contribution in [0.5, 0.6) is 0 Å². The van der Waals surface area contributed by atoms with Crippen LogP contribution in [-0.4, -0.2) is 25.4 Å². The maximum Gasteiger partial charge on any atom is 0.237 e. The van der Waals surface area contributed by atoms with Crippen LogP contribution in [-0.2, 0) is 21.4 Å². The van der Waals surface area contributed by atoms with Gasteiger partial charge in [0.05, 0.1) is 5.41 Å². The van der Waals surface area contributed by atoms with Gasteiger partial charge in [0.2, 0.25) is 11.8 Å². The van der Waals surface area contributed by atoms with Crippen LogP contribution in [0.4, 0.5) is 5.69 Å². The standard InChI is InChI=1S/C24H30N2O2/c1-18(2)14-16-25-22(27)13-15-24(17-19-9-5-4-6-10-19)20-11-7-8-12-21(20)26(3)23(24)28/h4-12,18H,13-17H2,1-3H3,(H,25,27)/t24-/m1/s1. The summed E-state index contributed by atoms with van der Waals surface area (Å²) in [4.78, 5) is 27.6. The fourth-order valence-corrected chi connectivity index (χ4v) is 4.08. The molecule has 0 saturated carbocycles. The van der Waals surface area contributed by atoms with Crippen molar-refractivity contribution in [3.63, 3.8) is 0 Å². The Morgan fingerprint density at radius 1 is 1.07 bits per heavy atom. The number of fused-ring (bicyclic) bond motifs is 1. The zero-order valence-electron chi connectivity index (χ0n) is 17.1. The summed E-state index contributed by atoms with van der Waals surface area (Å²) in [6.07, 6.45) is 2.42. The third-order valence-corrected chi connectivity index (χ3v) is 5.67. The Hall–Kier alpha value is -2.62. The fraction of sp³-hybridized carbons (Fsp3) is 0.417. The fourth-order valence-electron chi connectivity index (χ4n) is 4.08. The number of nitrogens with zero attached hydrogens (tertiary/aromatic N) is 1. The molecule has 0 radical (unpaired) electrons. The molecule has 1 N–H and O–H groups in total. The Bertz CT molecular complexity index is 832. The molecule has 1 atom stereocenters. The van der Waals surface area contributed by atoms with Gasteiger partial charge in [-0.2, -0.15) is 0 Å². The second-order valence-electron chi connectivity index (χ2n) is 8.16. The third-order valence-electron chi connectivity index (χ3n) is 5.67. The molecule has 0 fully saturated rings. The number of carbonyl (C=O) groups excluding carboxylic acids is 2. The molecular weight excluding hydrogens is 348 g/mol. The van der Waals surface area contributed by atoms with Crippen molar-refractivity contribution in [2.45, 2.75) is 44.9 Å². The van der Waals surface area contributed by atoms with Crippen LogP contribution in [0, 0.1) is 5.92 Å². The Morgan fingerprint density at radius 3 is 2.46 bits per heavy atom. The monoisotopic (exact) mass is 378 g/mol. The van der Waals surface area contributed by atoms with Gasteiger partial charge in [0.15, 0.2) is 0 Å². The van der Waals surface area contributed by atoms with Gasteiger partial charge in [0.25, 0.3) is 0 Å². The molecule has 1 heterocycles. The SMILES string of the molecule is CC(C)CCNC(=O)CC[C@]1(Cc2ccccc2)C(=O)N(C)c2ccccc21. The highest BCUT2D eigenvalue weighted by molar-refractivity contribution is 6.08. The highest BCUT2D eigenvalue weighted by Gasteiger charge is 2.49. The van der Waals surface area contributed by atoms with E-state index in [0.717, 1.165) is 23.2 Å². The molecule has 0 saturated heterocycles. The molecule has 0 aliphatic carbocycles. The maximum absolute atomic E-state index is 13.4. The molecule has 28 heavy (non-hydrogen) atoms. The minimum atomic E-state index is -0.692. The Kier molecular flexibility index (Phi) is 6.18. The zero-order chi connectivity index (χ0) is 20.1. The highest BCUT2D eigenvalue weighted by atomic mass is 16.2. The lowest BCUT2D eigenvalue weighted by atomic mass is 9.73. The van der Waals surface area contributed by atoms with Gasteiger partial charge in [0.1, 0.15) is 0 Å². The van der Waals surface area contributed by atoms with Crippen LogP contribution in [0.2, 0.25) is 0 Å². The predicted octanol–water partition coefficient (Wildman–Crippen LogP) is 4.09. The summed E-state index contributed by atoms with van der Waals surface area (Å²) >= 11 is 0. The molecule has 1 aliphatic rings. The number of amides is 2. The van der Waals surface area contributed by atoms with Crippen LogP contribution in [0.1, 0.15) is 44.2 Å². The number of anilines is 1. The molecule has 2 amide bonds. The Balaban J connectivity index is 1.84. The average Bonchev–Trinajstić information content (AvgIpc) is 2.90. The van der Waals surface area contributed by atoms with E-state index in [-0.39, 0.29) is 11.8 Å². The number of likely N-dealkylation sites (N-methyl/N-ethyl adjacent to an activating group) is 1. The predicted molar refractivity (Wildman–Crippen MR) is 113 cm³/mol. The molecule has 2 aromatic carbocycles. The minimum absolute atomic E-state index is 0.0212. The van der Waals surface area contributed by atoms with Gasteiger partial charge in [0, 0.05) is 25.7 Å². The van der Waals surface area contributed by atoms with Crippen LogP contribution in [0.3, 0.4) is 0 Å². The Labute approximate surface area is 167 Å². The number of nitrogens with one attached hydrogen (secondary N) is 1. The van der Waals surface area contributed by atoms with E-state index >= 15 is 0 Å². The number of para-hydroxylation sites is 1. The van der Waals surface area contributed by atoms with E-state index in [1.54, 1.807) is 4.90 Å². The van der Waals surface area contributed by atoms with Crippen molar-refractivity contribution >= 4 is 17.5 Å². The van der Waals surface area contributed by atoms with E-state index in [1.807, 2.05) is 49.5 Å². The summed E-state index contributed by atoms with van der Waals surface area (Å²) in [6.45, 7) is 4.97. The topological polar surface area (TPSA) is 49.4 Å². The van der Waals surface area contributed by atoms with Crippen molar-refractivity contribution in [2.24, 2.45) is 5.92 Å². The summed E-state index contributed by atoms with van der Waals surface area (Å²) in [5, 5.41) is 3.01. The Morgan fingerprint density at radius 2 is 1.75 bits per heavy atom. The molecule has 3 rings (SSSR count). The number of benzene rings is 2. The lowest BCUT2D eigenvalue weighted by Crippen LogP contribution is -2.41. The number of carbonyl (C=O) groups is 2. The van der Waals surface area contributed by atoms with Gasteiger partial charge in [-0.05, 0) is 42.4 Å². The van der Waals surface area contributed by atoms with E-state index in [4.69, 9.17) is 0 Å².